The van der Waals surface area contributed by atoms with Gasteiger partial charge in [0.2, 0.25) is 0 Å². The second-order valence-electron chi connectivity index (χ2n) is 5.45. The van der Waals surface area contributed by atoms with Crippen LogP contribution in [0.15, 0.2) is 12.1 Å². The second-order valence-corrected chi connectivity index (χ2v) is 5.45. The smallest absolute Gasteiger partial charge is 0.184 e. The summed E-state index contributed by atoms with van der Waals surface area (Å²) in [7, 11) is 0. The molecule has 0 bridgehead atoms. The summed E-state index contributed by atoms with van der Waals surface area (Å²) < 4.78 is 28.4. The molecule has 1 aromatic heterocycles. The number of tetrazole rings is 1. The maximum atomic E-state index is 13.5. The highest BCUT2D eigenvalue weighted by atomic mass is 19.2. The molecule has 3 rings (SSSR count). The quantitative estimate of drug-likeness (QED) is 0.682. The Morgan fingerprint density at radius 1 is 1.05 bits per heavy atom. The third kappa shape index (κ3) is 2.72. The summed E-state index contributed by atoms with van der Waals surface area (Å²) in [5, 5.41) is 11.7. The van der Waals surface area contributed by atoms with E-state index in [0.717, 1.165) is 37.8 Å². The number of hydrogen-bond donors (Lipinski definition) is 1. The molecule has 21 heavy (non-hydrogen) atoms. The van der Waals surface area contributed by atoms with Gasteiger partial charge in [-0.1, -0.05) is 25.7 Å². The van der Waals surface area contributed by atoms with Crippen LogP contribution in [0.25, 0.3) is 11.4 Å². The van der Waals surface area contributed by atoms with Crippen molar-refractivity contribution in [2.45, 2.75) is 44.6 Å². The van der Waals surface area contributed by atoms with Crippen molar-refractivity contribution in [2.75, 3.05) is 5.73 Å². The zero-order chi connectivity index (χ0) is 14.8. The Kier molecular flexibility index (Phi) is 3.81. The Hall–Kier alpha value is -2.05. The van der Waals surface area contributed by atoms with Gasteiger partial charge in [-0.2, -0.15) is 0 Å². The second kappa shape index (κ2) is 5.75. The van der Waals surface area contributed by atoms with Gasteiger partial charge < -0.3 is 5.73 Å². The molecule has 0 radical (unpaired) electrons. The van der Waals surface area contributed by atoms with Crippen LogP contribution in [0.1, 0.15) is 44.6 Å². The van der Waals surface area contributed by atoms with Crippen LogP contribution in [-0.4, -0.2) is 20.2 Å². The number of hydrogen-bond acceptors (Lipinski definition) is 4. The van der Waals surface area contributed by atoms with Gasteiger partial charge in [0.05, 0.1) is 6.04 Å². The molecular weight excluding hydrogens is 276 g/mol. The van der Waals surface area contributed by atoms with E-state index >= 15 is 0 Å². The molecule has 1 heterocycles. The zero-order valence-corrected chi connectivity index (χ0v) is 11.6. The van der Waals surface area contributed by atoms with Crippen LogP contribution in [-0.2, 0) is 0 Å². The highest BCUT2D eigenvalue weighted by Crippen LogP contribution is 2.32. The summed E-state index contributed by atoms with van der Waals surface area (Å²) in [5.74, 6) is -1.52. The predicted molar refractivity (Wildman–Crippen MR) is 74.3 cm³/mol. The fraction of sp³-hybridized carbons (Fsp3) is 0.500. The van der Waals surface area contributed by atoms with Crippen molar-refractivity contribution in [1.29, 1.82) is 0 Å². The minimum Gasteiger partial charge on any atom is -0.398 e. The Labute approximate surface area is 121 Å². The molecule has 7 heteroatoms. The van der Waals surface area contributed by atoms with E-state index in [4.69, 9.17) is 5.73 Å². The molecular formula is C14H17F2N5. The number of nitrogens with two attached hydrogens (primary N) is 1. The Balaban J connectivity index is 2.00. The molecule has 1 aromatic carbocycles. The van der Waals surface area contributed by atoms with Gasteiger partial charge in [0.1, 0.15) is 0 Å². The van der Waals surface area contributed by atoms with Gasteiger partial charge in [-0.3, -0.25) is 0 Å². The maximum absolute atomic E-state index is 13.5. The molecule has 0 aliphatic heterocycles. The first-order valence-electron chi connectivity index (χ1n) is 7.19. The van der Waals surface area contributed by atoms with Gasteiger partial charge in [-0.15, -0.1) is 5.10 Å². The predicted octanol–water partition coefficient (Wildman–Crippen LogP) is 3.10. The first-order chi connectivity index (χ1) is 10.2. The van der Waals surface area contributed by atoms with E-state index < -0.39 is 11.6 Å². The molecule has 0 unspecified atom stereocenters. The third-order valence-corrected chi connectivity index (χ3v) is 4.00. The van der Waals surface area contributed by atoms with Crippen molar-refractivity contribution in [3.63, 3.8) is 0 Å². The lowest BCUT2D eigenvalue weighted by Gasteiger charge is -2.16. The number of nitrogen functional groups attached to an aromatic ring is 1. The van der Waals surface area contributed by atoms with E-state index in [1.54, 1.807) is 4.68 Å². The number of aromatic nitrogens is 4. The maximum Gasteiger partial charge on any atom is 0.184 e. The summed E-state index contributed by atoms with van der Waals surface area (Å²) in [6.45, 7) is 0. The van der Waals surface area contributed by atoms with Crippen molar-refractivity contribution in [3.05, 3.63) is 23.8 Å². The number of rotatable bonds is 2. The fourth-order valence-electron chi connectivity index (χ4n) is 2.88. The van der Waals surface area contributed by atoms with E-state index in [0.29, 0.717) is 11.4 Å². The summed E-state index contributed by atoms with van der Waals surface area (Å²) >= 11 is 0. The Morgan fingerprint density at radius 2 is 1.71 bits per heavy atom. The van der Waals surface area contributed by atoms with E-state index in [1.165, 1.54) is 12.8 Å². The molecule has 5 nitrogen and oxygen atoms in total. The number of anilines is 1. The van der Waals surface area contributed by atoms with Crippen LogP contribution in [0.4, 0.5) is 14.5 Å². The zero-order valence-electron chi connectivity index (χ0n) is 11.6. The molecule has 2 aromatic rings. The van der Waals surface area contributed by atoms with Crippen LogP contribution >= 0.6 is 0 Å². The normalized spacial score (nSPS) is 16.9. The molecule has 0 saturated heterocycles. The van der Waals surface area contributed by atoms with Gasteiger partial charge in [-0.05, 0) is 29.3 Å². The SMILES string of the molecule is Nc1cc(F)c(F)cc1-c1nnnn1C1CCCCCC1. The highest BCUT2D eigenvalue weighted by molar-refractivity contribution is 5.71. The summed E-state index contributed by atoms with van der Waals surface area (Å²) in [5.41, 5.74) is 6.27. The summed E-state index contributed by atoms with van der Waals surface area (Å²) in [4.78, 5) is 0. The first kappa shape index (κ1) is 13.9. The van der Waals surface area contributed by atoms with E-state index in [-0.39, 0.29) is 11.7 Å². The van der Waals surface area contributed by atoms with Crippen molar-refractivity contribution >= 4 is 5.69 Å². The monoisotopic (exact) mass is 293 g/mol. The summed E-state index contributed by atoms with van der Waals surface area (Å²) in [6, 6.07) is 2.21. The van der Waals surface area contributed by atoms with Gasteiger partial charge in [0, 0.05) is 17.3 Å². The average Bonchev–Trinajstić information content (AvgIpc) is 2.77. The van der Waals surface area contributed by atoms with Crippen LogP contribution in [0.2, 0.25) is 0 Å². The topological polar surface area (TPSA) is 69.6 Å². The number of benzene rings is 1. The first-order valence-corrected chi connectivity index (χ1v) is 7.19. The minimum absolute atomic E-state index is 0.138. The largest absolute Gasteiger partial charge is 0.398 e. The lowest BCUT2D eigenvalue weighted by Crippen LogP contribution is -2.12. The summed E-state index contributed by atoms with van der Waals surface area (Å²) in [6.07, 6.45) is 6.64. The molecule has 0 amide bonds. The van der Waals surface area contributed by atoms with Gasteiger partial charge >= 0.3 is 0 Å². The van der Waals surface area contributed by atoms with Crippen LogP contribution in [0, 0.1) is 11.6 Å². The van der Waals surface area contributed by atoms with E-state index in [9.17, 15) is 8.78 Å². The van der Waals surface area contributed by atoms with Crippen LogP contribution < -0.4 is 5.73 Å². The van der Waals surface area contributed by atoms with E-state index in [2.05, 4.69) is 15.5 Å². The molecule has 0 spiro atoms. The molecule has 1 fully saturated rings. The van der Waals surface area contributed by atoms with Gasteiger partial charge in [0.25, 0.3) is 0 Å². The van der Waals surface area contributed by atoms with Crippen molar-refractivity contribution < 1.29 is 8.78 Å². The Morgan fingerprint density at radius 3 is 2.43 bits per heavy atom. The lowest BCUT2D eigenvalue weighted by molar-refractivity contribution is 0.400. The van der Waals surface area contributed by atoms with Crippen molar-refractivity contribution in [1.82, 2.24) is 20.2 Å². The standard InChI is InChI=1S/C14H17F2N5/c15-11-7-10(13(17)8-12(11)16)14-18-19-20-21(14)9-5-3-1-2-4-6-9/h7-9H,1-6,17H2. The lowest BCUT2D eigenvalue weighted by atomic mass is 10.1. The number of nitrogens with zero attached hydrogens (tertiary/aromatic N) is 4. The molecule has 1 saturated carbocycles. The van der Waals surface area contributed by atoms with E-state index in [1.807, 2.05) is 0 Å². The number of halogens is 2. The van der Waals surface area contributed by atoms with Gasteiger partial charge in [0.15, 0.2) is 17.5 Å². The molecule has 2 N–H and O–H groups in total. The molecule has 112 valence electrons. The van der Waals surface area contributed by atoms with Crippen LogP contribution in [0.5, 0.6) is 0 Å². The highest BCUT2D eigenvalue weighted by Gasteiger charge is 2.22. The molecule has 1 aliphatic rings. The van der Waals surface area contributed by atoms with Crippen molar-refractivity contribution in [2.24, 2.45) is 0 Å². The average molecular weight is 293 g/mol. The van der Waals surface area contributed by atoms with Gasteiger partial charge in [-0.25, -0.2) is 13.5 Å². The Bertz CT molecular complexity index is 632. The third-order valence-electron chi connectivity index (χ3n) is 4.00. The molecule has 0 atom stereocenters. The van der Waals surface area contributed by atoms with Crippen molar-refractivity contribution in [3.8, 4) is 11.4 Å². The minimum atomic E-state index is -0.968. The fourth-order valence-corrected chi connectivity index (χ4v) is 2.88. The van der Waals surface area contributed by atoms with Crippen LogP contribution in [0.3, 0.4) is 0 Å². The molecule has 1 aliphatic carbocycles.